The van der Waals surface area contributed by atoms with Crippen LogP contribution in [0.5, 0.6) is 0 Å². The van der Waals surface area contributed by atoms with E-state index in [1.165, 1.54) is 0 Å². The van der Waals surface area contributed by atoms with E-state index < -0.39 is 0 Å². The van der Waals surface area contributed by atoms with Gasteiger partial charge < -0.3 is 9.84 Å². The van der Waals surface area contributed by atoms with Crippen LogP contribution in [-0.4, -0.2) is 17.1 Å². The maximum absolute atomic E-state index is 11.8. The smallest absolute Gasteiger partial charge is 0.273 e. The van der Waals surface area contributed by atoms with Gasteiger partial charge in [-0.3, -0.25) is 4.79 Å². The summed E-state index contributed by atoms with van der Waals surface area (Å²) < 4.78 is 5.18. The number of benzene rings is 1. The van der Waals surface area contributed by atoms with Crippen LogP contribution in [0.2, 0.25) is 0 Å². The van der Waals surface area contributed by atoms with E-state index >= 15 is 0 Å². The number of carbonyl (C=O) groups excluding carboxylic acids is 1. The van der Waals surface area contributed by atoms with E-state index in [-0.39, 0.29) is 11.9 Å². The fraction of sp³-hybridized carbons (Fsp3) is 0.286. The van der Waals surface area contributed by atoms with E-state index in [1.807, 2.05) is 44.2 Å². The van der Waals surface area contributed by atoms with E-state index in [1.54, 1.807) is 6.07 Å². The van der Waals surface area contributed by atoms with Crippen LogP contribution in [0.25, 0.3) is 11.3 Å². The molecule has 1 atom stereocenters. The lowest BCUT2D eigenvalue weighted by Gasteiger charge is -2.08. The largest absolute Gasteiger partial charge is 0.355 e. The summed E-state index contributed by atoms with van der Waals surface area (Å²) in [5, 5.41) is 6.64. The molecule has 0 unspecified atom stereocenters. The quantitative estimate of drug-likeness (QED) is 0.899. The zero-order valence-corrected chi connectivity index (χ0v) is 10.5. The second-order valence-corrected chi connectivity index (χ2v) is 4.23. The Morgan fingerprint density at radius 1 is 1.39 bits per heavy atom. The number of hydrogen-bond acceptors (Lipinski definition) is 3. The number of carbonyl (C=O) groups is 1. The van der Waals surface area contributed by atoms with Crippen molar-refractivity contribution in [2.24, 2.45) is 0 Å². The van der Waals surface area contributed by atoms with Gasteiger partial charge in [0.25, 0.3) is 5.91 Å². The summed E-state index contributed by atoms with van der Waals surface area (Å²) in [5.74, 6) is 0.403. The average Bonchev–Trinajstić information content (AvgIpc) is 2.89. The maximum atomic E-state index is 11.8. The molecule has 0 fully saturated rings. The van der Waals surface area contributed by atoms with Crippen LogP contribution in [-0.2, 0) is 0 Å². The lowest BCUT2D eigenvalue weighted by Crippen LogP contribution is -2.32. The highest BCUT2D eigenvalue weighted by Gasteiger charge is 2.14. The first-order valence-corrected chi connectivity index (χ1v) is 6.03. The van der Waals surface area contributed by atoms with Crippen molar-refractivity contribution in [3.05, 3.63) is 42.1 Å². The van der Waals surface area contributed by atoms with Crippen molar-refractivity contribution in [1.82, 2.24) is 10.5 Å². The van der Waals surface area contributed by atoms with Gasteiger partial charge in [-0.25, -0.2) is 0 Å². The Kier molecular flexibility index (Phi) is 3.77. The maximum Gasteiger partial charge on any atom is 0.273 e. The van der Waals surface area contributed by atoms with Gasteiger partial charge in [0.05, 0.1) is 0 Å². The van der Waals surface area contributed by atoms with Crippen molar-refractivity contribution in [1.29, 1.82) is 0 Å². The second-order valence-electron chi connectivity index (χ2n) is 4.23. The van der Waals surface area contributed by atoms with Gasteiger partial charge in [0, 0.05) is 17.7 Å². The molecular weight excluding hydrogens is 228 g/mol. The molecule has 2 aromatic rings. The minimum absolute atomic E-state index is 0.134. The Balaban J connectivity index is 2.13. The Morgan fingerprint density at radius 3 is 2.78 bits per heavy atom. The normalized spacial score (nSPS) is 12.1. The highest BCUT2D eigenvalue weighted by molar-refractivity contribution is 5.93. The summed E-state index contributed by atoms with van der Waals surface area (Å²) in [4.78, 5) is 11.8. The molecule has 2 rings (SSSR count). The van der Waals surface area contributed by atoms with Crippen molar-refractivity contribution in [3.8, 4) is 11.3 Å². The standard InChI is InChI=1S/C14H16N2O2/c1-3-10(2)15-14(17)12-9-13(18-16-12)11-7-5-4-6-8-11/h4-10H,3H2,1-2H3,(H,15,17)/t10-/m0/s1. The molecule has 0 saturated carbocycles. The molecular formula is C14H16N2O2. The molecule has 1 aromatic heterocycles. The van der Waals surface area contributed by atoms with Gasteiger partial charge in [0.15, 0.2) is 11.5 Å². The molecule has 0 aliphatic heterocycles. The van der Waals surface area contributed by atoms with Crippen molar-refractivity contribution in [3.63, 3.8) is 0 Å². The van der Waals surface area contributed by atoms with Crippen LogP contribution in [0.1, 0.15) is 30.8 Å². The number of nitrogens with zero attached hydrogens (tertiary/aromatic N) is 1. The van der Waals surface area contributed by atoms with Crippen LogP contribution < -0.4 is 5.32 Å². The first kappa shape index (κ1) is 12.4. The predicted molar refractivity (Wildman–Crippen MR) is 69.2 cm³/mol. The predicted octanol–water partition coefficient (Wildman–Crippen LogP) is 2.87. The lowest BCUT2D eigenvalue weighted by atomic mass is 10.1. The molecule has 0 aliphatic rings. The number of nitrogens with one attached hydrogen (secondary N) is 1. The lowest BCUT2D eigenvalue weighted by molar-refractivity contribution is 0.0930. The minimum Gasteiger partial charge on any atom is -0.355 e. The van der Waals surface area contributed by atoms with E-state index in [0.29, 0.717) is 11.5 Å². The van der Waals surface area contributed by atoms with Crippen LogP contribution in [0.3, 0.4) is 0 Å². The van der Waals surface area contributed by atoms with Gasteiger partial charge >= 0.3 is 0 Å². The number of rotatable bonds is 4. The third-order valence-electron chi connectivity index (χ3n) is 2.79. The van der Waals surface area contributed by atoms with Gasteiger partial charge in [-0.05, 0) is 13.3 Å². The van der Waals surface area contributed by atoms with E-state index in [2.05, 4.69) is 10.5 Å². The van der Waals surface area contributed by atoms with Crippen molar-refractivity contribution in [2.45, 2.75) is 26.3 Å². The molecule has 18 heavy (non-hydrogen) atoms. The summed E-state index contributed by atoms with van der Waals surface area (Å²) in [6.45, 7) is 3.97. The molecule has 4 heteroatoms. The molecule has 0 radical (unpaired) electrons. The monoisotopic (exact) mass is 244 g/mol. The molecule has 1 amide bonds. The third-order valence-corrected chi connectivity index (χ3v) is 2.79. The van der Waals surface area contributed by atoms with Crippen molar-refractivity contribution in [2.75, 3.05) is 0 Å². The zero-order chi connectivity index (χ0) is 13.0. The van der Waals surface area contributed by atoms with Gasteiger partial charge in [0.1, 0.15) is 0 Å². The van der Waals surface area contributed by atoms with Crippen LogP contribution >= 0.6 is 0 Å². The zero-order valence-electron chi connectivity index (χ0n) is 10.5. The molecule has 1 N–H and O–H groups in total. The fourth-order valence-corrected chi connectivity index (χ4v) is 1.52. The number of amides is 1. The summed E-state index contributed by atoms with van der Waals surface area (Å²) >= 11 is 0. The first-order valence-electron chi connectivity index (χ1n) is 6.03. The third kappa shape index (κ3) is 2.77. The Morgan fingerprint density at radius 2 is 2.11 bits per heavy atom. The first-order chi connectivity index (χ1) is 8.70. The van der Waals surface area contributed by atoms with Crippen LogP contribution in [0.4, 0.5) is 0 Å². The van der Waals surface area contributed by atoms with E-state index in [9.17, 15) is 4.79 Å². The molecule has 0 spiro atoms. The van der Waals surface area contributed by atoms with Crippen LogP contribution in [0, 0.1) is 0 Å². The van der Waals surface area contributed by atoms with E-state index in [4.69, 9.17) is 4.52 Å². The topological polar surface area (TPSA) is 55.1 Å². The minimum atomic E-state index is -0.199. The Bertz CT molecular complexity index is 520. The molecule has 0 bridgehead atoms. The Hall–Kier alpha value is -2.10. The highest BCUT2D eigenvalue weighted by Crippen LogP contribution is 2.19. The molecule has 0 saturated heterocycles. The highest BCUT2D eigenvalue weighted by atomic mass is 16.5. The summed E-state index contributed by atoms with van der Waals surface area (Å²) in [6, 6.07) is 11.4. The average molecular weight is 244 g/mol. The number of hydrogen-bond donors (Lipinski definition) is 1. The van der Waals surface area contributed by atoms with Crippen LogP contribution in [0.15, 0.2) is 40.9 Å². The molecule has 0 aliphatic carbocycles. The molecule has 1 aromatic carbocycles. The molecule has 94 valence electrons. The molecule has 1 heterocycles. The van der Waals surface area contributed by atoms with Gasteiger partial charge in [0.2, 0.25) is 0 Å². The molecule has 4 nitrogen and oxygen atoms in total. The number of aromatic nitrogens is 1. The van der Waals surface area contributed by atoms with E-state index in [0.717, 1.165) is 12.0 Å². The van der Waals surface area contributed by atoms with Gasteiger partial charge in [-0.1, -0.05) is 42.4 Å². The summed E-state index contributed by atoms with van der Waals surface area (Å²) in [5.41, 5.74) is 1.22. The summed E-state index contributed by atoms with van der Waals surface area (Å²) in [6.07, 6.45) is 0.884. The second kappa shape index (κ2) is 5.49. The SMILES string of the molecule is CC[C@H](C)NC(=O)c1cc(-c2ccccc2)on1. The Labute approximate surface area is 106 Å². The fourth-order valence-electron chi connectivity index (χ4n) is 1.52. The van der Waals surface area contributed by atoms with Crippen molar-refractivity contribution < 1.29 is 9.32 Å². The summed E-state index contributed by atoms with van der Waals surface area (Å²) in [7, 11) is 0. The van der Waals surface area contributed by atoms with Gasteiger partial charge in [-0.2, -0.15) is 0 Å². The van der Waals surface area contributed by atoms with Gasteiger partial charge in [-0.15, -0.1) is 0 Å². The van der Waals surface area contributed by atoms with Crippen molar-refractivity contribution >= 4 is 5.91 Å².